The van der Waals surface area contributed by atoms with Crippen molar-refractivity contribution >= 4 is 81.2 Å². The Bertz CT molecular complexity index is 3260. The maximum atomic E-state index is 15.7. The van der Waals surface area contributed by atoms with Crippen LogP contribution in [0.4, 0.5) is 57.9 Å². The van der Waals surface area contributed by atoms with E-state index in [2.05, 4.69) is 0 Å². The average Bonchev–Trinajstić information content (AvgIpc) is 3.36. The number of alkyl halides is 6. The third-order valence-corrected chi connectivity index (χ3v) is 15.4. The normalized spacial score (nSPS) is 18.7. The number of amides is 2. The highest BCUT2D eigenvalue weighted by atomic mass is 32.1. The van der Waals surface area contributed by atoms with Gasteiger partial charge in [0.1, 0.15) is 11.1 Å². The third-order valence-electron chi connectivity index (χ3n) is 14.7. The number of piperidine rings is 2. The van der Waals surface area contributed by atoms with Gasteiger partial charge < -0.3 is 28.7 Å². The Labute approximate surface area is 470 Å². The van der Waals surface area contributed by atoms with E-state index in [4.69, 9.17) is 43.4 Å². The maximum Gasteiger partial charge on any atom is 0.417 e. The van der Waals surface area contributed by atoms with Crippen molar-refractivity contribution in [3.63, 3.8) is 0 Å². The fourth-order valence-electron chi connectivity index (χ4n) is 10.2. The van der Waals surface area contributed by atoms with Crippen molar-refractivity contribution in [1.82, 2.24) is 9.80 Å². The van der Waals surface area contributed by atoms with E-state index in [-0.39, 0.29) is 76.1 Å². The zero-order chi connectivity index (χ0) is 59.1. The van der Waals surface area contributed by atoms with E-state index in [1.807, 2.05) is 4.90 Å². The van der Waals surface area contributed by atoms with Gasteiger partial charge in [0.2, 0.25) is 0 Å². The number of hydrogen-bond acceptors (Lipinski definition) is 14. The molecule has 0 aromatic heterocycles. The molecule has 0 N–H and O–H groups in total. The smallest absolute Gasteiger partial charge is 0.417 e. The molecule has 1 atom stereocenters. The second-order valence-corrected chi connectivity index (χ2v) is 21.5. The number of carbonyl (C=O) groups excluding carboxylic acids is 4. The van der Waals surface area contributed by atoms with Gasteiger partial charge in [0, 0.05) is 36.6 Å². The van der Waals surface area contributed by atoms with Crippen LogP contribution in [0.25, 0.3) is 0 Å². The van der Waals surface area contributed by atoms with Crippen LogP contribution in [0.1, 0.15) is 75.6 Å². The van der Waals surface area contributed by atoms with Gasteiger partial charge in [0.25, 0.3) is 18.0 Å². The van der Waals surface area contributed by atoms with Crippen LogP contribution >= 0.6 is 24.4 Å². The molecule has 0 bridgehead atoms. The Morgan fingerprint density at radius 2 is 1.04 bits per heavy atom. The molecule has 0 saturated carbocycles. The van der Waals surface area contributed by atoms with Crippen LogP contribution < -0.4 is 29.1 Å². The first kappa shape index (κ1) is 59.6. The molecule has 81 heavy (non-hydrogen) atoms. The molecule has 4 aromatic rings. The van der Waals surface area contributed by atoms with Gasteiger partial charge >= 0.3 is 24.3 Å². The van der Waals surface area contributed by atoms with Gasteiger partial charge in [-0.25, -0.2) is 13.6 Å². The van der Waals surface area contributed by atoms with Crippen molar-refractivity contribution in [1.29, 1.82) is 10.5 Å². The second kappa shape index (κ2) is 23.1. The molecular weight excluding hydrogens is 1120 g/mol. The highest BCUT2D eigenvalue weighted by Crippen LogP contribution is 2.43. The number of nitriles is 2. The first-order valence-electron chi connectivity index (χ1n) is 25.3. The summed E-state index contributed by atoms with van der Waals surface area (Å²) < 4.78 is 137. The molecule has 4 saturated heterocycles. The third kappa shape index (κ3) is 12.1. The summed E-state index contributed by atoms with van der Waals surface area (Å²) in [5.74, 6) is -4.72. The molecule has 428 valence electrons. The van der Waals surface area contributed by atoms with Gasteiger partial charge in [-0.15, -0.1) is 0 Å². The lowest BCUT2D eigenvalue weighted by molar-refractivity contribution is -0.182. The zero-order valence-corrected chi connectivity index (χ0v) is 45.8. The van der Waals surface area contributed by atoms with Crippen LogP contribution in [0.5, 0.6) is 11.5 Å². The number of likely N-dealkylation sites (tertiary alicyclic amines) is 2. The molecule has 8 rings (SSSR count). The molecule has 1 unspecified atom stereocenters. The Kier molecular flexibility index (Phi) is 17.0. The van der Waals surface area contributed by atoms with Gasteiger partial charge in [-0.1, -0.05) is 0 Å². The molecule has 2 amide bonds. The zero-order valence-electron chi connectivity index (χ0n) is 44.1. The van der Waals surface area contributed by atoms with Crippen LogP contribution in [0.3, 0.4) is 0 Å². The Morgan fingerprint density at radius 3 is 1.41 bits per heavy atom. The van der Waals surface area contributed by atoms with Gasteiger partial charge in [-0.3, -0.25) is 34.0 Å². The molecule has 0 spiro atoms. The summed E-state index contributed by atoms with van der Waals surface area (Å²) in [5, 5.41) is 18.1. The quantitative estimate of drug-likeness (QED) is 0.0625. The van der Waals surface area contributed by atoms with E-state index in [0.717, 1.165) is 34.1 Å². The molecule has 0 aliphatic carbocycles. The van der Waals surface area contributed by atoms with Crippen molar-refractivity contribution in [3.8, 4) is 23.6 Å². The lowest BCUT2D eigenvalue weighted by atomic mass is 9.97. The average molecular weight is 1170 g/mol. The first-order valence-corrected chi connectivity index (χ1v) is 26.1. The fourth-order valence-corrected chi connectivity index (χ4v) is 11.3. The second-order valence-electron chi connectivity index (χ2n) is 20.7. The number of thiocarbonyl (C=S) groups is 2. The highest BCUT2D eigenvalue weighted by molar-refractivity contribution is 7.81. The van der Waals surface area contributed by atoms with Crippen LogP contribution in [0.15, 0.2) is 72.8 Å². The summed E-state index contributed by atoms with van der Waals surface area (Å²) in [4.78, 5) is 61.5. The summed E-state index contributed by atoms with van der Waals surface area (Å²) in [5.41, 5.74) is -6.78. The summed E-state index contributed by atoms with van der Waals surface area (Å²) in [6.07, 6.45) is -9.03. The SMILES string of the molecule is COC(=O)C(OC(=O)CN1CCC(COc2ccc(N3C(=S)N(c4ccc(C#N)c(C(F)(F)F)c4)C(=O)C3(C)C)cc2F)CC1)N1CCC(COc2ccc(N3C(=S)N(c4ccc(C#N)c(C(F)(F)F)c4)C(=O)C3(C)C)cc2F)CC1. The van der Waals surface area contributed by atoms with Gasteiger partial charge in [-0.2, -0.15) is 36.9 Å². The number of benzene rings is 4. The lowest BCUT2D eigenvalue weighted by Gasteiger charge is -2.36. The molecule has 26 heteroatoms. The minimum atomic E-state index is -4.89. The number of ether oxygens (including phenoxy) is 4. The summed E-state index contributed by atoms with van der Waals surface area (Å²) in [7, 11) is 1.17. The van der Waals surface area contributed by atoms with Crippen LogP contribution in [-0.4, -0.2) is 114 Å². The van der Waals surface area contributed by atoms with Crippen molar-refractivity contribution in [2.75, 3.05) is 72.6 Å². The van der Waals surface area contributed by atoms with Gasteiger partial charge in [0.05, 0.1) is 72.6 Å². The number of anilines is 4. The Hall–Kier alpha value is -7.52. The lowest BCUT2D eigenvalue weighted by Crippen LogP contribution is -2.50. The Morgan fingerprint density at radius 1 is 0.642 bits per heavy atom. The van der Waals surface area contributed by atoms with E-state index in [1.165, 1.54) is 93.1 Å². The molecule has 4 aliphatic heterocycles. The number of methoxy groups -OCH3 is 1. The van der Waals surface area contributed by atoms with Crippen LogP contribution in [0.2, 0.25) is 0 Å². The fraction of sp³-hybridized carbons (Fsp3) is 0.418. The molecule has 16 nitrogen and oxygen atoms in total. The standard InChI is InChI=1S/C55H52F8N8O8S2/c1-52(2)48(74)68(35-8-6-33(26-64)39(22-35)54(58,59)60)50(80)70(52)37-10-12-43(41(56)24-37)77-29-31-14-18-66(19-15-31)28-45(72)79-46(47(73)76-5)67-20-16-32(17-21-67)30-78-44-13-11-38(25-42(44)57)71-51(81)69(49(75)53(71,3)4)36-9-7-34(27-65)40(23-36)55(61,62)63/h6-13,22-25,31-32,46H,14-21,28-30H2,1-5H3. The number of carbonyl (C=O) groups is 4. The van der Waals surface area contributed by atoms with E-state index in [0.29, 0.717) is 64.0 Å². The van der Waals surface area contributed by atoms with Gasteiger partial charge in [0.15, 0.2) is 33.4 Å². The Balaban J connectivity index is 0.792. The number of halogens is 8. The van der Waals surface area contributed by atoms with Crippen molar-refractivity contribution in [2.45, 2.75) is 83.0 Å². The summed E-state index contributed by atoms with van der Waals surface area (Å²) in [6.45, 7) is 7.53. The number of nitrogens with zero attached hydrogens (tertiary/aromatic N) is 8. The number of rotatable bonds is 15. The van der Waals surface area contributed by atoms with Gasteiger partial charge in [-0.05, 0) is 163 Å². The van der Waals surface area contributed by atoms with Crippen molar-refractivity contribution in [2.24, 2.45) is 11.8 Å². The van der Waals surface area contributed by atoms with Crippen LogP contribution in [0, 0.1) is 46.1 Å². The number of hydrogen-bond donors (Lipinski definition) is 0. The monoisotopic (exact) mass is 1170 g/mol. The topological polar surface area (TPSA) is 172 Å². The van der Waals surface area contributed by atoms with Crippen molar-refractivity contribution in [3.05, 3.63) is 107 Å². The minimum absolute atomic E-state index is 0.0315. The van der Waals surface area contributed by atoms with E-state index < -0.39 is 87.3 Å². The minimum Gasteiger partial charge on any atom is -0.490 e. The van der Waals surface area contributed by atoms with E-state index in [9.17, 15) is 56.0 Å². The van der Waals surface area contributed by atoms with E-state index in [1.54, 1.807) is 4.90 Å². The summed E-state index contributed by atoms with van der Waals surface area (Å²) >= 11 is 11.1. The van der Waals surface area contributed by atoms with Crippen molar-refractivity contribution < 1.29 is 73.2 Å². The molecule has 4 fully saturated rings. The molecule has 4 aromatic carbocycles. The highest BCUT2D eigenvalue weighted by Gasteiger charge is 2.52. The molecule has 4 heterocycles. The predicted molar refractivity (Wildman–Crippen MR) is 285 cm³/mol. The first-order chi connectivity index (χ1) is 38.1. The van der Waals surface area contributed by atoms with E-state index >= 15 is 8.78 Å². The number of esters is 2. The predicted octanol–water partition coefficient (Wildman–Crippen LogP) is 9.50. The molecule has 4 aliphatic rings. The summed E-state index contributed by atoms with van der Waals surface area (Å²) in [6, 6.07) is 16.5. The maximum absolute atomic E-state index is 15.7. The largest absolute Gasteiger partial charge is 0.490 e. The molecular formula is C55H52F8N8O8S2. The van der Waals surface area contributed by atoms with Crippen LogP contribution in [-0.2, 0) is 41.0 Å². The molecule has 0 radical (unpaired) electrons.